The zero-order valence-corrected chi connectivity index (χ0v) is 19.9. The summed E-state index contributed by atoms with van der Waals surface area (Å²) in [6, 6.07) is 23.2. The number of carbonyl (C=O) groups excluding carboxylic acids is 2. The smallest absolute Gasteiger partial charge is 0.349 e. The first kappa shape index (κ1) is 24.5. The van der Waals surface area contributed by atoms with Crippen molar-refractivity contribution in [2.75, 3.05) is 0 Å². The van der Waals surface area contributed by atoms with E-state index < -0.39 is 17.5 Å². The second-order valence-corrected chi connectivity index (χ2v) is 8.37. The molecule has 1 heterocycles. The minimum atomic E-state index is -0.764. The van der Waals surface area contributed by atoms with Crippen molar-refractivity contribution in [2.24, 2.45) is 0 Å². The Kier molecular flexibility index (Phi) is 7.60. The van der Waals surface area contributed by atoms with Crippen molar-refractivity contribution in [3.05, 3.63) is 112 Å². The number of esters is 1. The Morgan fingerprint density at radius 3 is 2.39 bits per heavy atom. The SMILES string of the molecule is CC(C)NC(=O)c1cc2ccc(OC(=O)/C=C/c3ccc(OCc4ccccc4)cc3)cc2oc1=O. The molecule has 0 aliphatic carbocycles. The molecule has 0 saturated carbocycles. The third-order valence-corrected chi connectivity index (χ3v) is 5.13. The Morgan fingerprint density at radius 1 is 0.944 bits per heavy atom. The summed E-state index contributed by atoms with van der Waals surface area (Å²) in [5.74, 6) is -0.156. The molecule has 4 rings (SSSR count). The van der Waals surface area contributed by atoms with E-state index in [1.807, 2.05) is 54.6 Å². The van der Waals surface area contributed by atoms with Crippen LogP contribution in [0.1, 0.15) is 35.3 Å². The normalized spacial score (nSPS) is 11.1. The molecular weight excluding hydrogens is 458 g/mol. The first-order chi connectivity index (χ1) is 17.4. The lowest BCUT2D eigenvalue weighted by Gasteiger charge is -2.08. The van der Waals surface area contributed by atoms with E-state index in [0.717, 1.165) is 16.9 Å². The van der Waals surface area contributed by atoms with Gasteiger partial charge in [0.15, 0.2) is 0 Å². The molecular formula is C29H25NO6. The van der Waals surface area contributed by atoms with Crippen molar-refractivity contribution < 1.29 is 23.5 Å². The number of rotatable bonds is 8. The average Bonchev–Trinajstić information content (AvgIpc) is 2.86. The summed E-state index contributed by atoms with van der Waals surface area (Å²) in [7, 11) is 0. The van der Waals surface area contributed by atoms with Crippen LogP contribution in [0.3, 0.4) is 0 Å². The van der Waals surface area contributed by atoms with Gasteiger partial charge in [0.05, 0.1) is 0 Å². The van der Waals surface area contributed by atoms with Crippen LogP contribution in [0.5, 0.6) is 11.5 Å². The molecule has 0 unspecified atom stereocenters. The van der Waals surface area contributed by atoms with E-state index >= 15 is 0 Å². The molecule has 7 heteroatoms. The predicted octanol–water partition coefficient (Wildman–Crippen LogP) is 5.13. The van der Waals surface area contributed by atoms with Gasteiger partial charge in [-0.25, -0.2) is 9.59 Å². The molecule has 0 atom stereocenters. The number of fused-ring (bicyclic) bond motifs is 1. The largest absolute Gasteiger partial charge is 0.489 e. The highest BCUT2D eigenvalue weighted by molar-refractivity contribution is 5.97. The molecule has 0 bridgehead atoms. The van der Waals surface area contributed by atoms with Gasteiger partial charge in [0.1, 0.15) is 29.3 Å². The van der Waals surface area contributed by atoms with E-state index in [2.05, 4.69) is 5.32 Å². The van der Waals surface area contributed by atoms with E-state index in [-0.39, 0.29) is 22.9 Å². The quantitative estimate of drug-likeness (QED) is 0.162. The van der Waals surface area contributed by atoms with Gasteiger partial charge in [0.25, 0.3) is 5.91 Å². The van der Waals surface area contributed by atoms with Crippen LogP contribution in [0.4, 0.5) is 0 Å². The van der Waals surface area contributed by atoms with Gasteiger partial charge in [0, 0.05) is 23.6 Å². The summed E-state index contributed by atoms with van der Waals surface area (Å²) >= 11 is 0. The Bertz CT molecular complexity index is 1450. The van der Waals surface area contributed by atoms with E-state index in [9.17, 15) is 14.4 Å². The number of hydrogen-bond donors (Lipinski definition) is 1. The first-order valence-electron chi connectivity index (χ1n) is 11.4. The summed E-state index contributed by atoms with van der Waals surface area (Å²) in [4.78, 5) is 36.7. The number of carbonyl (C=O) groups is 2. The molecule has 1 aromatic heterocycles. The topological polar surface area (TPSA) is 94.8 Å². The van der Waals surface area contributed by atoms with Gasteiger partial charge in [-0.3, -0.25) is 4.79 Å². The number of nitrogens with one attached hydrogen (secondary N) is 1. The Morgan fingerprint density at radius 2 is 1.67 bits per heavy atom. The third-order valence-electron chi connectivity index (χ3n) is 5.13. The Hall–Kier alpha value is -4.65. The van der Waals surface area contributed by atoms with Crippen LogP contribution in [0.25, 0.3) is 17.0 Å². The van der Waals surface area contributed by atoms with Gasteiger partial charge < -0.3 is 19.2 Å². The van der Waals surface area contributed by atoms with Crippen LogP contribution in [0.2, 0.25) is 0 Å². The van der Waals surface area contributed by atoms with Crippen LogP contribution < -0.4 is 20.4 Å². The number of hydrogen-bond acceptors (Lipinski definition) is 6. The summed E-state index contributed by atoms with van der Waals surface area (Å²) in [6.45, 7) is 4.07. The van der Waals surface area contributed by atoms with E-state index in [4.69, 9.17) is 13.9 Å². The zero-order chi connectivity index (χ0) is 25.5. The van der Waals surface area contributed by atoms with Crippen LogP contribution in [0, 0.1) is 0 Å². The summed E-state index contributed by atoms with van der Waals surface area (Å²) < 4.78 is 16.4. The molecule has 0 fully saturated rings. The van der Waals surface area contributed by atoms with Crippen molar-refractivity contribution in [2.45, 2.75) is 26.5 Å². The molecule has 0 aliphatic rings. The van der Waals surface area contributed by atoms with Gasteiger partial charge in [-0.2, -0.15) is 0 Å². The molecule has 0 aliphatic heterocycles. The fraction of sp³-hybridized carbons (Fsp3) is 0.138. The molecule has 36 heavy (non-hydrogen) atoms. The van der Waals surface area contributed by atoms with Crippen LogP contribution in [-0.4, -0.2) is 17.9 Å². The predicted molar refractivity (Wildman–Crippen MR) is 137 cm³/mol. The zero-order valence-electron chi connectivity index (χ0n) is 19.9. The minimum absolute atomic E-state index is 0.0830. The van der Waals surface area contributed by atoms with Gasteiger partial charge in [-0.15, -0.1) is 0 Å². The summed E-state index contributed by atoms with van der Waals surface area (Å²) in [6.07, 6.45) is 2.93. The van der Waals surface area contributed by atoms with Crippen LogP contribution >= 0.6 is 0 Å². The van der Waals surface area contributed by atoms with Crippen molar-refractivity contribution in [1.82, 2.24) is 5.32 Å². The van der Waals surface area contributed by atoms with E-state index in [0.29, 0.717) is 12.0 Å². The average molecular weight is 484 g/mol. The summed E-state index contributed by atoms with van der Waals surface area (Å²) in [5.41, 5.74) is 1.24. The highest BCUT2D eigenvalue weighted by Crippen LogP contribution is 2.21. The third kappa shape index (κ3) is 6.48. The number of amides is 1. The summed E-state index contributed by atoms with van der Waals surface area (Å²) in [5, 5.41) is 3.20. The van der Waals surface area contributed by atoms with Gasteiger partial charge >= 0.3 is 11.6 Å². The second kappa shape index (κ2) is 11.2. The second-order valence-electron chi connectivity index (χ2n) is 8.37. The molecule has 1 N–H and O–H groups in total. The first-order valence-corrected chi connectivity index (χ1v) is 11.4. The van der Waals surface area contributed by atoms with Gasteiger partial charge in [0.2, 0.25) is 0 Å². The lowest BCUT2D eigenvalue weighted by molar-refractivity contribution is -0.128. The highest BCUT2D eigenvalue weighted by Gasteiger charge is 2.15. The van der Waals surface area contributed by atoms with Crippen LogP contribution in [-0.2, 0) is 11.4 Å². The lowest BCUT2D eigenvalue weighted by atomic mass is 10.1. The van der Waals surface area contributed by atoms with Crippen LogP contribution in [0.15, 0.2) is 94.2 Å². The molecule has 1 amide bonds. The monoisotopic (exact) mass is 483 g/mol. The molecule has 4 aromatic rings. The van der Waals surface area contributed by atoms with Gasteiger partial charge in [-0.1, -0.05) is 42.5 Å². The van der Waals surface area contributed by atoms with Gasteiger partial charge in [-0.05, 0) is 61.4 Å². The van der Waals surface area contributed by atoms with E-state index in [1.165, 1.54) is 18.2 Å². The maximum absolute atomic E-state index is 12.3. The van der Waals surface area contributed by atoms with Crippen molar-refractivity contribution in [1.29, 1.82) is 0 Å². The molecule has 7 nitrogen and oxygen atoms in total. The van der Waals surface area contributed by atoms with Crippen molar-refractivity contribution in [3.8, 4) is 11.5 Å². The number of ether oxygens (including phenoxy) is 2. The number of benzene rings is 3. The maximum Gasteiger partial charge on any atom is 0.349 e. The van der Waals surface area contributed by atoms with Crippen molar-refractivity contribution in [3.63, 3.8) is 0 Å². The fourth-order valence-electron chi connectivity index (χ4n) is 3.38. The fourth-order valence-corrected chi connectivity index (χ4v) is 3.38. The molecule has 0 saturated heterocycles. The Labute approximate surface area is 208 Å². The molecule has 3 aromatic carbocycles. The molecule has 182 valence electrons. The Balaban J connectivity index is 1.37. The maximum atomic E-state index is 12.3. The standard InChI is InChI=1S/C29H25NO6/c1-19(2)30-28(32)25-16-22-11-14-24(17-26(22)36-29(25)33)35-27(31)15-10-20-8-12-23(13-9-20)34-18-21-6-4-3-5-7-21/h3-17,19H,18H2,1-2H3,(H,30,32)/b15-10+. The molecule has 0 spiro atoms. The minimum Gasteiger partial charge on any atom is -0.489 e. The van der Waals surface area contributed by atoms with Crippen molar-refractivity contribution >= 4 is 28.9 Å². The molecule has 0 radical (unpaired) electrons. The lowest BCUT2D eigenvalue weighted by Crippen LogP contribution is -2.33. The van der Waals surface area contributed by atoms with E-state index in [1.54, 1.807) is 32.1 Å². The highest BCUT2D eigenvalue weighted by atomic mass is 16.5.